The molecule has 0 aliphatic carbocycles. The monoisotopic (exact) mass is 445 g/mol. The van der Waals surface area contributed by atoms with Crippen molar-refractivity contribution in [2.75, 3.05) is 26.9 Å². The lowest BCUT2D eigenvalue weighted by Gasteiger charge is -2.26. The number of carbonyl (C=O) groups excluding carboxylic acids is 1. The molecule has 1 fully saturated rings. The molecule has 2 aliphatic heterocycles. The Hall–Kier alpha value is -2.60. The summed E-state index contributed by atoms with van der Waals surface area (Å²) in [6.45, 7) is 5.80. The Morgan fingerprint density at radius 2 is 1.90 bits per heavy atom. The zero-order valence-corrected chi connectivity index (χ0v) is 18.9. The van der Waals surface area contributed by atoms with E-state index in [1.165, 1.54) is 0 Å². The molecule has 0 aromatic heterocycles. The van der Waals surface area contributed by atoms with Gasteiger partial charge in [-0.1, -0.05) is 17.7 Å². The van der Waals surface area contributed by atoms with Gasteiger partial charge >= 0.3 is 0 Å². The molecule has 2 aromatic carbocycles. The molecule has 0 N–H and O–H groups in total. The van der Waals surface area contributed by atoms with Crippen molar-refractivity contribution in [1.82, 2.24) is 4.90 Å². The Labute approximate surface area is 188 Å². The Bertz CT molecular complexity index is 961. The van der Waals surface area contributed by atoms with Crippen molar-refractivity contribution in [2.45, 2.75) is 45.3 Å². The van der Waals surface area contributed by atoms with Gasteiger partial charge in [-0.15, -0.1) is 0 Å². The van der Waals surface area contributed by atoms with Gasteiger partial charge in [-0.05, 0) is 56.5 Å². The summed E-state index contributed by atoms with van der Waals surface area (Å²) in [6.07, 6.45) is 2.63. The van der Waals surface area contributed by atoms with Crippen molar-refractivity contribution in [2.24, 2.45) is 0 Å². The number of methoxy groups -OCH3 is 1. The fraction of sp³-hybridized carbons (Fsp3) is 0.458. The Balaban J connectivity index is 1.61. The number of amides is 1. The van der Waals surface area contributed by atoms with Crippen LogP contribution in [0.5, 0.6) is 23.0 Å². The van der Waals surface area contributed by atoms with Crippen LogP contribution < -0.4 is 18.9 Å². The predicted molar refractivity (Wildman–Crippen MR) is 119 cm³/mol. The van der Waals surface area contributed by atoms with E-state index in [-0.39, 0.29) is 18.1 Å². The van der Waals surface area contributed by atoms with Crippen molar-refractivity contribution >= 4 is 17.5 Å². The average molecular weight is 446 g/mol. The van der Waals surface area contributed by atoms with Crippen LogP contribution in [0.3, 0.4) is 0 Å². The molecule has 0 spiro atoms. The molecule has 1 amide bonds. The molecule has 0 radical (unpaired) electrons. The zero-order valence-electron chi connectivity index (χ0n) is 18.2. The van der Waals surface area contributed by atoms with Crippen LogP contribution in [0.15, 0.2) is 30.3 Å². The zero-order chi connectivity index (χ0) is 22.0. The summed E-state index contributed by atoms with van der Waals surface area (Å²) >= 11 is 6.45. The van der Waals surface area contributed by atoms with E-state index >= 15 is 0 Å². The van der Waals surface area contributed by atoms with E-state index in [1.807, 2.05) is 36.9 Å². The summed E-state index contributed by atoms with van der Waals surface area (Å²) in [5, 5.41) is 0.364. The van der Waals surface area contributed by atoms with Gasteiger partial charge in [0, 0.05) is 18.5 Å². The first-order chi connectivity index (χ1) is 15.0. The van der Waals surface area contributed by atoms with E-state index in [1.54, 1.807) is 19.2 Å². The van der Waals surface area contributed by atoms with E-state index in [2.05, 4.69) is 0 Å². The van der Waals surface area contributed by atoms with Gasteiger partial charge in [-0.2, -0.15) is 0 Å². The van der Waals surface area contributed by atoms with E-state index < -0.39 is 0 Å². The quantitative estimate of drug-likeness (QED) is 0.627. The summed E-state index contributed by atoms with van der Waals surface area (Å²) in [5.74, 6) is 2.34. The third kappa shape index (κ3) is 4.54. The predicted octanol–water partition coefficient (Wildman–Crippen LogP) is 5.27. The highest BCUT2D eigenvalue weighted by Gasteiger charge is 2.32. The minimum Gasteiger partial charge on any atom is -0.493 e. The molecule has 0 unspecified atom stereocenters. The third-order valence-electron chi connectivity index (χ3n) is 5.50. The Morgan fingerprint density at radius 1 is 1.13 bits per heavy atom. The summed E-state index contributed by atoms with van der Waals surface area (Å²) in [4.78, 5) is 15.3. The molecule has 4 rings (SSSR count). The average Bonchev–Trinajstić information content (AvgIpc) is 3.12. The number of hydrogen-bond donors (Lipinski definition) is 0. The Morgan fingerprint density at radius 3 is 2.65 bits per heavy atom. The van der Waals surface area contributed by atoms with Crippen molar-refractivity contribution in [3.05, 3.63) is 46.5 Å². The molecule has 31 heavy (non-hydrogen) atoms. The van der Waals surface area contributed by atoms with Crippen molar-refractivity contribution in [1.29, 1.82) is 0 Å². The van der Waals surface area contributed by atoms with Crippen molar-refractivity contribution in [3.8, 4) is 23.0 Å². The molecule has 0 saturated carbocycles. The summed E-state index contributed by atoms with van der Waals surface area (Å²) < 4.78 is 22.8. The molecule has 166 valence electrons. The van der Waals surface area contributed by atoms with Crippen LogP contribution in [0.25, 0.3) is 0 Å². The van der Waals surface area contributed by atoms with Crippen LogP contribution in [0.4, 0.5) is 0 Å². The third-order valence-corrected chi connectivity index (χ3v) is 5.78. The highest BCUT2D eigenvalue weighted by atomic mass is 35.5. The van der Waals surface area contributed by atoms with Crippen LogP contribution in [0, 0.1) is 0 Å². The number of likely N-dealkylation sites (tertiary alicyclic amines) is 1. The van der Waals surface area contributed by atoms with Crippen molar-refractivity contribution < 1.29 is 23.7 Å². The lowest BCUT2D eigenvalue weighted by molar-refractivity contribution is 0.0735. The molecule has 7 heteroatoms. The number of halogens is 1. The normalized spacial score (nSPS) is 18.1. The van der Waals surface area contributed by atoms with Crippen molar-refractivity contribution in [3.63, 3.8) is 0 Å². The van der Waals surface area contributed by atoms with Gasteiger partial charge in [-0.25, -0.2) is 0 Å². The van der Waals surface area contributed by atoms with E-state index in [0.717, 1.165) is 36.3 Å². The van der Waals surface area contributed by atoms with Gasteiger partial charge in [0.25, 0.3) is 5.91 Å². The minimum atomic E-state index is -0.0779. The number of rotatable bonds is 5. The number of nitrogens with zero attached hydrogens (tertiary/aromatic N) is 1. The summed E-state index contributed by atoms with van der Waals surface area (Å²) in [5.41, 5.74) is 1.53. The lowest BCUT2D eigenvalue weighted by atomic mass is 10.0. The van der Waals surface area contributed by atoms with E-state index in [4.69, 9.17) is 30.5 Å². The number of ether oxygens (including phenoxy) is 4. The number of fused-ring (bicyclic) bond motifs is 1. The van der Waals surface area contributed by atoms with Gasteiger partial charge < -0.3 is 23.8 Å². The van der Waals surface area contributed by atoms with Crippen LogP contribution in [0.1, 0.15) is 55.1 Å². The van der Waals surface area contributed by atoms with Crippen LogP contribution >= 0.6 is 11.6 Å². The standard InChI is InChI=1S/C24H28ClNO5/c1-15(2)31-23-18(25)12-17(14-22(23)28-3)24(27)26-9-4-6-19(26)16-7-8-20-21(13-16)30-11-5-10-29-20/h7-8,12-15,19H,4-6,9-11H2,1-3H3/t19-/m0/s1. The largest absolute Gasteiger partial charge is 0.493 e. The molecule has 2 heterocycles. The molecule has 0 bridgehead atoms. The van der Waals surface area contributed by atoms with Gasteiger partial charge in [0.05, 0.1) is 37.5 Å². The van der Waals surface area contributed by atoms with Crippen LogP contribution in [-0.4, -0.2) is 43.8 Å². The SMILES string of the molecule is COc1cc(C(=O)N2CCC[C@H]2c2ccc3c(c2)OCCCO3)cc(Cl)c1OC(C)C. The topological polar surface area (TPSA) is 57.2 Å². The number of hydrogen-bond acceptors (Lipinski definition) is 5. The number of carbonyl (C=O) groups is 1. The van der Waals surface area contributed by atoms with Gasteiger partial charge in [0.2, 0.25) is 0 Å². The molecule has 6 nitrogen and oxygen atoms in total. The second-order valence-electron chi connectivity index (χ2n) is 8.07. The maximum atomic E-state index is 13.4. The fourth-order valence-corrected chi connectivity index (χ4v) is 4.36. The first-order valence-corrected chi connectivity index (χ1v) is 11.1. The highest BCUT2D eigenvalue weighted by molar-refractivity contribution is 6.32. The molecule has 1 saturated heterocycles. The molecular weight excluding hydrogens is 418 g/mol. The maximum Gasteiger partial charge on any atom is 0.254 e. The van der Waals surface area contributed by atoms with E-state index in [9.17, 15) is 4.79 Å². The van der Waals surface area contributed by atoms with Gasteiger partial charge in [0.15, 0.2) is 23.0 Å². The molecule has 2 aromatic rings. The summed E-state index contributed by atoms with van der Waals surface area (Å²) in [7, 11) is 1.55. The van der Waals surface area contributed by atoms with Crippen LogP contribution in [-0.2, 0) is 0 Å². The highest BCUT2D eigenvalue weighted by Crippen LogP contribution is 2.41. The smallest absolute Gasteiger partial charge is 0.254 e. The number of benzene rings is 2. The second kappa shape index (κ2) is 9.27. The lowest BCUT2D eigenvalue weighted by Crippen LogP contribution is -2.30. The molecular formula is C24H28ClNO5. The van der Waals surface area contributed by atoms with E-state index in [0.29, 0.717) is 41.8 Å². The van der Waals surface area contributed by atoms with Gasteiger partial charge in [-0.3, -0.25) is 4.79 Å². The second-order valence-corrected chi connectivity index (χ2v) is 8.48. The fourth-order valence-electron chi connectivity index (χ4n) is 4.10. The molecule has 1 atom stereocenters. The molecule has 2 aliphatic rings. The minimum absolute atomic E-state index is 0.0268. The maximum absolute atomic E-state index is 13.4. The van der Waals surface area contributed by atoms with Gasteiger partial charge in [0.1, 0.15) is 0 Å². The first kappa shape index (κ1) is 21.6. The summed E-state index contributed by atoms with van der Waals surface area (Å²) in [6, 6.07) is 9.31. The van der Waals surface area contributed by atoms with Crippen LogP contribution in [0.2, 0.25) is 5.02 Å². The Kier molecular flexibility index (Phi) is 6.46. The first-order valence-electron chi connectivity index (χ1n) is 10.7.